The molecule has 3 atom stereocenters. The number of hydrogen-bond donors (Lipinski definition) is 1. The summed E-state index contributed by atoms with van der Waals surface area (Å²) in [6.07, 6.45) is 0.885. The van der Waals surface area contributed by atoms with Crippen molar-refractivity contribution in [3.05, 3.63) is 0 Å². The molecule has 2 rings (SSSR count). The van der Waals surface area contributed by atoms with Gasteiger partial charge in [-0.1, -0.05) is 48.0 Å². The molecule has 2 aliphatic rings. The van der Waals surface area contributed by atoms with E-state index in [0.29, 0.717) is 0 Å². The van der Waals surface area contributed by atoms with Crippen LogP contribution in [0.25, 0.3) is 0 Å². The van der Waals surface area contributed by atoms with E-state index in [1.165, 1.54) is 0 Å². The van der Waals surface area contributed by atoms with Crippen molar-refractivity contribution in [1.82, 2.24) is 10.2 Å². The maximum absolute atomic E-state index is 12.9. The Morgan fingerprint density at radius 2 is 1.70 bits per heavy atom. The van der Waals surface area contributed by atoms with Crippen LogP contribution in [0, 0.1) is 16.7 Å². The van der Waals surface area contributed by atoms with Gasteiger partial charge in [0.2, 0.25) is 11.8 Å². The fourth-order valence-electron chi connectivity index (χ4n) is 3.64. The molecule has 0 aromatic carbocycles. The summed E-state index contributed by atoms with van der Waals surface area (Å²) in [5, 5.41) is 2.90. The fraction of sp³-hybridized carbons (Fsp3) is 0.875. The van der Waals surface area contributed by atoms with Crippen LogP contribution in [0.1, 0.15) is 54.9 Å². The number of amides is 2. The van der Waals surface area contributed by atoms with Gasteiger partial charge in [0.05, 0.1) is 0 Å². The lowest BCUT2D eigenvalue weighted by atomic mass is 9.94. The van der Waals surface area contributed by atoms with Crippen molar-refractivity contribution in [1.29, 1.82) is 0 Å². The molecule has 20 heavy (non-hydrogen) atoms. The predicted octanol–water partition coefficient (Wildman–Crippen LogP) is 2.18. The summed E-state index contributed by atoms with van der Waals surface area (Å²) < 4.78 is 0. The van der Waals surface area contributed by atoms with Gasteiger partial charge in [0.15, 0.2) is 0 Å². The van der Waals surface area contributed by atoms with Crippen molar-refractivity contribution in [3.63, 3.8) is 0 Å². The molecule has 0 spiro atoms. The smallest absolute Gasteiger partial charge is 0.246 e. The van der Waals surface area contributed by atoms with E-state index >= 15 is 0 Å². The van der Waals surface area contributed by atoms with Crippen molar-refractivity contribution >= 4 is 11.8 Å². The summed E-state index contributed by atoms with van der Waals surface area (Å²) >= 11 is 0. The summed E-state index contributed by atoms with van der Waals surface area (Å²) in [4.78, 5) is 26.9. The van der Waals surface area contributed by atoms with Gasteiger partial charge in [-0.2, -0.15) is 0 Å². The molecule has 1 heterocycles. The minimum Gasteiger partial charge on any atom is -0.342 e. The molecule has 3 unspecified atom stereocenters. The highest BCUT2D eigenvalue weighted by Crippen LogP contribution is 2.65. The van der Waals surface area contributed by atoms with Crippen LogP contribution >= 0.6 is 0 Å². The zero-order valence-electron chi connectivity index (χ0n) is 13.8. The van der Waals surface area contributed by atoms with E-state index in [4.69, 9.17) is 0 Å². The number of hydrogen-bond acceptors (Lipinski definition) is 2. The first-order chi connectivity index (χ1) is 9.07. The molecule has 0 aromatic heterocycles. The molecule has 4 heteroatoms. The number of carbonyl (C=O) groups is 2. The zero-order chi connectivity index (χ0) is 15.5. The largest absolute Gasteiger partial charge is 0.342 e. The van der Waals surface area contributed by atoms with E-state index in [1.54, 1.807) is 0 Å². The molecule has 0 radical (unpaired) electrons. The molecule has 4 nitrogen and oxygen atoms in total. The maximum Gasteiger partial charge on any atom is 0.246 e. The van der Waals surface area contributed by atoms with E-state index in [2.05, 4.69) is 39.9 Å². The number of carbonyl (C=O) groups excluding carboxylic acids is 2. The van der Waals surface area contributed by atoms with Crippen LogP contribution in [-0.4, -0.2) is 34.8 Å². The third-order valence-corrected chi connectivity index (χ3v) is 6.05. The summed E-state index contributed by atoms with van der Waals surface area (Å²) in [6.45, 7) is 14.7. The van der Waals surface area contributed by atoms with Crippen molar-refractivity contribution in [2.75, 3.05) is 0 Å². The monoisotopic (exact) mass is 280 g/mol. The van der Waals surface area contributed by atoms with Gasteiger partial charge in [0.1, 0.15) is 12.1 Å². The Balaban J connectivity index is 2.31. The van der Waals surface area contributed by atoms with Gasteiger partial charge in [-0.15, -0.1) is 0 Å². The maximum atomic E-state index is 12.9. The van der Waals surface area contributed by atoms with E-state index in [0.717, 1.165) is 6.42 Å². The molecular weight excluding hydrogens is 252 g/mol. The number of nitrogens with one attached hydrogen (secondary N) is 1. The second kappa shape index (κ2) is 4.47. The SMILES string of the molecule is CCC(C)C1NC(=O)C(C)N(C2C(C)(C)C2(C)C)C1=O. The molecule has 1 N–H and O–H groups in total. The van der Waals surface area contributed by atoms with Gasteiger partial charge in [0.25, 0.3) is 0 Å². The van der Waals surface area contributed by atoms with Crippen LogP contribution in [0.2, 0.25) is 0 Å². The summed E-state index contributed by atoms with van der Waals surface area (Å²) in [5.41, 5.74) is 0.128. The Hall–Kier alpha value is -1.06. The molecule has 1 aliphatic heterocycles. The first kappa shape index (κ1) is 15.3. The minimum absolute atomic E-state index is 0.0200. The lowest BCUT2D eigenvalue weighted by molar-refractivity contribution is -0.151. The van der Waals surface area contributed by atoms with Gasteiger partial charge in [-0.25, -0.2) is 0 Å². The molecule has 0 bridgehead atoms. The Kier molecular flexibility index (Phi) is 3.43. The van der Waals surface area contributed by atoms with Gasteiger partial charge in [-0.3, -0.25) is 9.59 Å². The first-order valence-corrected chi connectivity index (χ1v) is 7.70. The van der Waals surface area contributed by atoms with Gasteiger partial charge >= 0.3 is 0 Å². The highest BCUT2D eigenvalue weighted by atomic mass is 16.2. The molecule has 2 amide bonds. The molecular formula is C16H28N2O2. The van der Waals surface area contributed by atoms with Crippen LogP contribution in [-0.2, 0) is 9.59 Å². The second-order valence-corrected chi connectivity index (χ2v) is 7.64. The van der Waals surface area contributed by atoms with Crippen molar-refractivity contribution in [2.24, 2.45) is 16.7 Å². The molecule has 1 saturated heterocycles. The van der Waals surface area contributed by atoms with Crippen LogP contribution in [0.5, 0.6) is 0 Å². The highest BCUT2D eigenvalue weighted by molar-refractivity contribution is 5.97. The van der Waals surface area contributed by atoms with Gasteiger partial charge < -0.3 is 10.2 Å². The zero-order valence-corrected chi connectivity index (χ0v) is 13.8. The topological polar surface area (TPSA) is 49.4 Å². The van der Waals surface area contributed by atoms with Crippen LogP contribution in [0.3, 0.4) is 0 Å². The first-order valence-electron chi connectivity index (χ1n) is 7.70. The van der Waals surface area contributed by atoms with Gasteiger partial charge in [-0.05, 0) is 23.7 Å². The second-order valence-electron chi connectivity index (χ2n) is 7.64. The average molecular weight is 280 g/mol. The summed E-state index contributed by atoms with van der Waals surface area (Å²) in [6, 6.07) is -0.583. The Bertz CT molecular complexity index is 428. The Morgan fingerprint density at radius 1 is 1.20 bits per heavy atom. The molecule has 114 valence electrons. The van der Waals surface area contributed by atoms with Crippen molar-refractivity contribution in [3.8, 4) is 0 Å². The van der Waals surface area contributed by atoms with E-state index in [1.807, 2.05) is 18.7 Å². The van der Waals surface area contributed by atoms with Crippen molar-refractivity contribution in [2.45, 2.75) is 73.0 Å². The highest BCUT2D eigenvalue weighted by Gasteiger charge is 2.70. The number of rotatable bonds is 3. The molecule has 1 aliphatic carbocycles. The Morgan fingerprint density at radius 3 is 2.10 bits per heavy atom. The third-order valence-electron chi connectivity index (χ3n) is 6.05. The fourth-order valence-corrected chi connectivity index (χ4v) is 3.64. The predicted molar refractivity (Wildman–Crippen MR) is 79.0 cm³/mol. The van der Waals surface area contributed by atoms with Crippen molar-refractivity contribution < 1.29 is 9.59 Å². The average Bonchev–Trinajstić information content (AvgIpc) is 2.76. The number of nitrogens with zero attached hydrogens (tertiary/aromatic N) is 1. The lowest BCUT2D eigenvalue weighted by Crippen LogP contribution is -2.65. The van der Waals surface area contributed by atoms with Crippen LogP contribution < -0.4 is 5.32 Å². The van der Waals surface area contributed by atoms with E-state index < -0.39 is 0 Å². The van der Waals surface area contributed by atoms with E-state index in [-0.39, 0.29) is 46.7 Å². The van der Waals surface area contributed by atoms with Crippen LogP contribution in [0.15, 0.2) is 0 Å². The van der Waals surface area contributed by atoms with Gasteiger partial charge in [0, 0.05) is 6.04 Å². The van der Waals surface area contributed by atoms with Crippen LogP contribution in [0.4, 0.5) is 0 Å². The standard InChI is InChI=1S/C16H28N2O2/c1-8-9(2)11-13(20)18(10(3)12(19)17-11)14-15(4,5)16(14,6)7/h9-11,14H,8H2,1-7H3,(H,17,19). The number of piperazine rings is 1. The minimum atomic E-state index is -0.367. The normalized spacial score (nSPS) is 33.9. The molecule has 1 saturated carbocycles. The Labute approximate surface area is 122 Å². The molecule has 2 fully saturated rings. The molecule has 0 aromatic rings. The third kappa shape index (κ3) is 1.87. The quantitative estimate of drug-likeness (QED) is 0.861. The lowest BCUT2D eigenvalue weighted by Gasteiger charge is -2.40. The summed E-state index contributed by atoms with van der Waals surface area (Å²) in [5.74, 6) is 0.245. The van der Waals surface area contributed by atoms with E-state index in [9.17, 15) is 9.59 Å². The summed E-state index contributed by atoms with van der Waals surface area (Å²) in [7, 11) is 0.